The van der Waals surface area contributed by atoms with Gasteiger partial charge in [-0.15, -0.1) is 0 Å². The number of aromatic nitrogens is 2. The second kappa shape index (κ2) is 6.76. The molecule has 0 saturated carbocycles. The highest BCUT2D eigenvalue weighted by molar-refractivity contribution is 5.78. The molecule has 2 aliphatic heterocycles. The molecule has 2 aromatic rings. The van der Waals surface area contributed by atoms with Crippen molar-refractivity contribution in [3.05, 3.63) is 42.0 Å². The number of nitrogens with zero attached hydrogens (tertiary/aromatic N) is 2. The molecule has 1 aromatic heterocycles. The van der Waals surface area contributed by atoms with Crippen LogP contribution in [0.5, 0.6) is 11.5 Å². The van der Waals surface area contributed by atoms with Gasteiger partial charge in [-0.3, -0.25) is 4.79 Å². The molecule has 7 nitrogen and oxygen atoms in total. The van der Waals surface area contributed by atoms with Gasteiger partial charge >= 0.3 is 0 Å². The molecule has 3 heterocycles. The van der Waals surface area contributed by atoms with E-state index in [1.54, 1.807) is 6.20 Å². The van der Waals surface area contributed by atoms with E-state index in [4.69, 9.17) is 14.2 Å². The Bertz CT molecular complexity index is 773. The lowest BCUT2D eigenvalue weighted by atomic mass is 10.0. The minimum atomic E-state index is -0.0640. The highest BCUT2D eigenvalue weighted by Gasteiger charge is 2.32. The molecule has 0 spiro atoms. The van der Waals surface area contributed by atoms with Crippen LogP contribution in [0, 0.1) is 5.92 Å². The number of carbonyl (C=O) groups is 1. The summed E-state index contributed by atoms with van der Waals surface area (Å²) >= 11 is 0. The summed E-state index contributed by atoms with van der Waals surface area (Å²) in [6.07, 6.45) is 4.85. The maximum atomic E-state index is 12.3. The van der Waals surface area contributed by atoms with Crippen LogP contribution in [0.4, 0.5) is 0 Å². The number of hydrogen-bond acceptors (Lipinski definition) is 5. The molecule has 0 radical (unpaired) electrons. The van der Waals surface area contributed by atoms with Crippen LogP contribution in [0.1, 0.15) is 23.9 Å². The molecule has 25 heavy (non-hydrogen) atoms. The number of ether oxygens (including phenoxy) is 3. The largest absolute Gasteiger partial charge is 0.454 e. The van der Waals surface area contributed by atoms with Gasteiger partial charge in [0, 0.05) is 38.5 Å². The molecule has 1 amide bonds. The predicted octanol–water partition coefficient (Wildman–Crippen LogP) is 1.59. The van der Waals surface area contributed by atoms with Crippen LogP contribution < -0.4 is 14.8 Å². The molecule has 2 atom stereocenters. The molecular weight excluding hydrogens is 322 g/mol. The maximum absolute atomic E-state index is 12.3. The van der Waals surface area contributed by atoms with Crippen molar-refractivity contribution in [1.29, 1.82) is 0 Å². The van der Waals surface area contributed by atoms with Gasteiger partial charge in [0.05, 0.1) is 6.42 Å². The first-order valence-electron chi connectivity index (χ1n) is 8.45. The van der Waals surface area contributed by atoms with Crippen molar-refractivity contribution in [3.63, 3.8) is 0 Å². The lowest BCUT2D eigenvalue weighted by Crippen LogP contribution is -2.32. The number of nitrogens with one attached hydrogen (secondary N) is 1. The summed E-state index contributed by atoms with van der Waals surface area (Å²) in [7, 11) is 1.96. The second-order valence-electron chi connectivity index (χ2n) is 6.40. The van der Waals surface area contributed by atoms with Crippen molar-refractivity contribution < 1.29 is 19.0 Å². The van der Waals surface area contributed by atoms with E-state index >= 15 is 0 Å². The predicted molar refractivity (Wildman–Crippen MR) is 89.3 cm³/mol. The van der Waals surface area contributed by atoms with Crippen molar-refractivity contribution in [2.45, 2.75) is 18.9 Å². The Morgan fingerprint density at radius 1 is 1.36 bits per heavy atom. The zero-order chi connectivity index (χ0) is 17.2. The fourth-order valence-corrected chi connectivity index (χ4v) is 3.32. The minimum Gasteiger partial charge on any atom is -0.454 e. The number of rotatable bonds is 5. The standard InChI is InChI=1S/C18H21N3O4/c1-21-6-5-19-18(21)17-13(4-7-23-17)10-20-16(22)9-12-2-3-14-15(8-12)25-11-24-14/h2-3,5-6,8,13,17H,4,7,9-11H2,1H3,(H,20,22)/t13-,17+/m0/s1. The van der Waals surface area contributed by atoms with E-state index in [9.17, 15) is 4.79 Å². The zero-order valence-corrected chi connectivity index (χ0v) is 14.1. The Labute approximate surface area is 145 Å². The highest BCUT2D eigenvalue weighted by atomic mass is 16.7. The normalized spacial score (nSPS) is 21.5. The van der Waals surface area contributed by atoms with Gasteiger partial charge in [0.2, 0.25) is 12.7 Å². The molecule has 1 fully saturated rings. The Hall–Kier alpha value is -2.54. The van der Waals surface area contributed by atoms with Crippen LogP contribution in [0.25, 0.3) is 0 Å². The van der Waals surface area contributed by atoms with Crippen LogP contribution >= 0.6 is 0 Å². The summed E-state index contributed by atoms with van der Waals surface area (Å²) in [5.41, 5.74) is 0.907. The van der Waals surface area contributed by atoms with Gasteiger partial charge in [-0.05, 0) is 24.1 Å². The average Bonchev–Trinajstić information content (AvgIpc) is 3.32. The number of imidazole rings is 1. The molecule has 7 heteroatoms. The molecule has 0 aliphatic carbocycles. The van der Waals surface area contributed by atoms with E-state index in [1.165, 1.54) is 0 Å². The summed E-state index contributed by atoms with van der Waals surface area (Å²) < 4.78 is 18.4. The average molecular weight is 343 g/mol. The molecule has 0 bridgehead atoms. The summed E-state index contributed by atoms with van der Waals surface area (Å²) in [5, 5.41) is 3.02. The van der Waals surface area contributed by atoms with Crippen molar-refractivity contribution in [3.8, 4) is 11.5 Å². The molecule has 132 valence electrons. The van der Waals surface area contributed by atoms with Gasteiger partial charge in [-0.25, -0.2) is 4.98 Å². The summed E-state index contributed by atoms with van der Waals surface area (Å²) in [5.74, 6) is 2.56. The van der Waals surface area contributed by atoms with Gasteiger partial charge in [0.15, 0.2) is 11.5 Å². The lowest BCUT2D eigenvalue weighted by molar-refractivity contribution is -0.120. The first-order valence-corrected chi connectivity index (χ1v) is 8.45. The fourth-order valence-electron chi connectivity index (χ4n) is 3.32. The Morgan fingerprint density at radius 2 is 2.24 bits per heavy atom. The minimum absolute atomic E-state index is 0.00986. The molecule has 1 aromatic carbocycles. The van der Waals surface area contributed by atoms with Crippen LogP contribution in [0.2, 0.25) is 0 Å². The molecule has 2 aliphatic rings. The van der Waals surface area contributed by atoms with Crippen molar-refractivity contribution in [1.82, 2.24) is 14.9 Å². The van der Waals surface area contributed by atoms with Crippen LogP contribution in [0.3, 0.4) is 0 Å². The Kier molecular flexibility index (Phi) is 4.31. The number of hydrogen-bond donors (Lipinski definition) is 1. The molecule has 1 saturated heterocycles. The van der Waals surface area contributed by atoms with Gasteiger partial charge in [0.25, 0.3) is 0 Å². The van der Waals surface area contributed by atoms with Gasteiger partial charge in [-0.1, -0.05) is 6.07 Å². The summed E-state index contributed by atoms with van der Waals surface area (Å²) in [6.45, 7) is 1.52. The van der Waals surface area contributed by atoms with Crippen molar-refractivity contribution in [2.24, 2.45) is 13.0 Å². The van der Waals surface area contributed by atoms with Gasteiger partial charge < -0.3 is 24.1 Å². The smallest absolute Gasteiger partial charge is 0.231 e. The van der Waals surface area contributed by atoms with Crippen LogP contribution in [0.15, 0.2) is 30.6 Å². The number of fused-ring (bicyclic) bond motifs is 1. The summed E-state index contributed by atoms with van der Waals surface area (Å²) in [6, 6.07) is 5.59. The number of amides is 1. The third kappa shape index (κ3) is 3.32. The van der Waals surface area contributed by atoms with E-state index in [2.05, 4.69) is 10.3 Å². The van der Waals surface area contributed by atoms with Crippen molar-refractivity contribution >= 4 is 5.91 Å². The second-order valence-corrected chi connectivity index (χ2v) is 6.40. The fraction of sp³-hybridized carbons (Fsp3) is 0.444. The third-order valence-corrected chi connectivity index (χ3v) is 4.69. The SMILES string of the molecule is Cn1ccnc1[C@@H]1OCC[C@H]1CNC(=O)Cc1ccc2c(c1)OCO2. The van der Waals surface area contributed by atoms with Gasteiger partial charge in [-0.2, -0.15) is 0 Å². The number of benzene rings is 1. The number of aryl methyl sites for hydroxylation is 1. The topological polar surface area (TPSA) is 74.6 Å². The van der Waals surface area contributed by atoms with E-state index < -0.39 is 0 Å². The van der Waals surface area contributed by atoms with Crippen LogP contribution in [-0.2, 0) is 23.0 Å². The van der Waals surface area contributed by atoms with Crippen LogP contribution in [-0.4, -0.2) is 35.4 Å². The molecule has 1 N–H and O–H groups in total. The highest BCUT2D eigenvalue weighted by Crippen LogP contribution is 2.33. The lowest BCUT2D eigenvalue weighted by Gasteiger charge is -2.18. The van der Waals surface area contributed by atoms with E-state index in [-0.39, 0.29) is 24.7 Å². The Balaban J connectivity index is 1.33. The molecular formula is C18H21N3O4. The molecule has 0 unspecified atom stereocenters. The Morgan fingerprint density at radius 3 is 3.08 bits per heavy atom. The number of carbonyl (C=O) groups excluding carboxylic acids is 1. The quantitative estimate of drug-likeness (QED) is 0.892. The van der Waals surface area contributed by atoms with Crippen molar-refractivity contribution in [2.75, 3.05) is 19.9 Å². The third-order valence-electron chi connectivity index (χ3n) is 4.69. The first-order chi connectivity index (χ1) is 12.2. The first kappa shape index (κ1) is 16.0. The molecule has 4 rings (SSSR count). The van der Waals surface area contributed by atoms with Gasteiger partial charge in [0.1, 0.15) is 11.9 Å². The summed E-state index contributed by atoms with van der Waals surface area (Å²) in [4.78, 5) is 16.7. The van der Waals surface area contributed by atoms with E-state index in [1.807, 2.05) is 36.0 Å². The monoisotopic (exact) mass is 343 g/mol. The zero-order valence-electron chi connectivity index (χ0n) is 14.1. The maximum Gasteiger partial charge on any atom is 0.231 e. The van der Waals surface area contributed by atoms with E-state index in [0.717, 1.165) is 23.6 Å². The van der Waals surface area contributed by atoms with E-state index in [0.29, 0.717) is 25.3 Å².